The average Bonchev–Trinajstić information content (AvgIpc) is 2.56. The Hall–Kier alpha value is -2.94. The maximum absolute atomic E-state index is 12.9. The number of carboxylic acid groups (broad SMARTS) is 1. The molecule has 0 saturated heterocycles. The van der Waals surface area contributed by atoms with Gasteiger partial charge in [0, 0.05) is 18.7 Å². The number of benzene rings is 2. The summed E-state index contributed by atoms with van der Waals surface area (Å²) in [6, 6.07) is 11.4. The van der Waals surface area contributed by atoms with Gasteiger partial charge in [0.15, 0.2) is 0 Å². The summed E-state index contributed by atoms with van der Waals surface area (Å²) in [7, 11) is -4.01. The molecule has 0 saturated carbocycles. The first-order valence-electron chi connectivity index (χ1n) is 7.28. The smallest absolute Gasteiger partial charge is 0.305 e. The van der Waals surface area contributed by atoms with Crippen LogP contribution in [0.4, 0.5) is 11.4 Å². The highest BCUT2D eigenvalue weighted by Gasteiger charge is 2.27. The van der Waals surface area contributed by atoms with Crippen molar-refractivity contribution in [2.24, 2.45) is 0 Å². The SMILES string of the molecule is Cc1cc([N+](=O)[O-])ccc1N(CCC(=O)O)S(=O)(=O)c1ccccc1. The number of rotatable bonds is 7. The number of nitrogens with zero attached hydrogens (tertiary/aromatic N) is 2. The average molecular weight is 364 g/mol. The van der Waals surface area contributed by atoms with Crippen molar-refractivity contribution in [2.75, 3.05) is 10.8 Å². The van der Waals surface area contributed by atoms with Crippen molar-refractivity contribution in [3.05, 3.63) is 64.2 Å². The van der Waals surface area contributed by atoms with Crippen LogP contribution >= 0.6 is 0 Å². The zero-order valence-corrected chi connectivity index (χ0v) is 14.1. The lowest BCUT2D eigenvalue weighted by Crippen LogP contribution is -2.33. The van der Waals surface area contributed by atoms with E-state index in [1.54, 1.807) is 18.2 Å². The predicted molar refractivity (Wildman–Crippen MR) is 91.1 cm³/mol. The fraction of sp³-hybridized carbons (Fsp3) is 0.188. The summed E-state index contributed by atoms with van der Waals surface area (Å²) in [6.07, 6.45) is -0.400. The van der Waals surface area contributed by atoms with Crippen molar-refractivity contribution >= 4 is 27.4 Å². The normalized spacial score (nSPS) is 11.1. The highest BCUT2D eigenvalue weighted by molar-refractivity contribution is 7.92. The van der Waals surface area contributed by atoms with E-state index in [0.29, 0.717) is 5.56 Å². The molecule has 2 aromatic rings. The van der Waals surface area contributed by atoms with Crippen LogP contribution in [-0.2, 0) is 14.8 Å². The maximum Gasteiger partial charge on any atom is 0.305 e. The Kier molecular flexibility index (Phi) is 5.38. The molecule has 0 spiro atoms. The van der Waals surface area contributed by atoms with E-state index in [9.17, 15) is 23.3 Å². The molecule has 132 valence electrons. The molecule has 2 aromatic carbocycles. The predicted octanol–water partition coefficient (Wildman–Crippen LogP) is 2.57. The Bertz CT molecular complexity index is 896. The zero-order chi connectivity index (χ0) is 18.6. The van der Waals surface area contributed by atoms with Gasteiger partial charge in [-0.05, 0) is 30.7 Å². The van der Waals surface area contributed by atoms with Gasteiger partial charge in [-0.2, -0.15) is 0 Å². The number of aliphatic carboxylic acids is 1. The second kappa shape index (κ2) is 7.31. The van der Waals surface area contributed by atoms with Crippen LogP contribution in [0.5, 0.6) is 0 Å². The van der Waals surface area contributed by atoms with Gasteiger partial charge in [0.1, 0.15) is 0 Å². The lowest BCUT2D eigenvalue weighted by Gasteiger charge is -2.25. The summed E-state index contributed by atoms with van der Waals surface area (Å²) >= 11 is 0. The van der Waals surface area contributed by atoms with Crippen LogP contribution in [0.15, 0.2) is 53.4 Å². The van der Waals surface area contributed by atoms with Crippen LogP contribution in [0.2, 0.25) is 0 Å². The van der Waals surface area contributed by atoms with Crippen LogP contribution in [0.1, 0.15) is 12.0 Å². The number of hydrogen-bond acceptors (Lipinski definition) is 5. The standard InChI is InChI=1S/C16H16N2O6S/c1-12-11-13(18(21)22)7-8-15(12)17(10-9-16(19)20)25(23,24)14-5-3-2-4-6-14/h2-8,11H,9-10H2,1H3,(H,19,20). The summed E-state index contributed by atoms with van der Waals surface area (Å²) in [4.78, 5) is 21.2. The Labute approximate surface area is 144 Å². The van der Waals surface area contributed by atoms with Gasteiger partial charge in [-0.25, -0.2) is 8.42 Å². The third kappa shape index (κ3) is 4.13. The molecule has 0 aromatic heterocycles. The van der Waals surface area contributed by atoms with Crippen molar-refractivity contribution in [3.8, 4) is 0 Å². The monoisotopic (exact) mass is 364 g/mol. The number of carbonyl (C=O) groups is 1. The Morgan fingerprint density at radius 3 is 2.36 bits per heavy atom. The largest absolute Gasteiger partial charge is 0.481 e. The van der Waals surface area contributed by atoms with E-state index in [2.05, 4.69) is 0 Å². The van der Waals surface area contributed by atoms with E-state index >= 15 is 0 Å². The first-order valence-corrected chi connectivity index (χ1v) is 8.72. The molecule has 0 aliphatic carbocycles. The lowest BCUT2D eigenvalue weighted by molar-refractivity contribution is -0.384. The van der Waals surface area contributed by atoms with E-state index < -0.39 is 27.3 Å². The van der Waals surface area contributed by atoms with Crippen molar-refractivity contribution in [2.45, 2.75) is 18.2 Å². The molecule has 0 amide bonds. The van der Waals surface area contributed by atoms with Gasteiger partial charge in [-0.1, -0.05) is 18.2 Å². The number of aryl methyl sites for hydroxylation is 1. The molecule has 0 aliphatic heterocycles. The molecule has 25 heavy (non-hydrogen) atoms. The summed E-state index contributed by atoms with van der Waals surface area (Å²) in [5.41, 5.74) is 0.395. The van der Waals surface area contributed by atoms with Gasteiger partial charge in [-0.15, -0.1) is 0 Å². The Morgan fingerprint density at radius 2 is 1.84 bits per heavy atom. The van der Waals surface area contributed by atoms with Crippen molar-refractivity contribution in [1.82, 2.24) is 0 Å². The van der Waals surface area contributed by atoms with Crippen LogP contribution in [0, 0.1) is 17.0 Å². The van der Waals surface area contributed by atoms with Crippen molar-refractivity contribution < 1.29 is 23.2 Å². The van der Waals surface area contributed by atoms with Gasteiger partial charge in [-0.3, -0.25) is 19.2 Å². The molecular weight excluding hydrogens is 348 g/mol. The number of nitro groups is 1. The topological polar surface area (TPSA) is 118 Å². The summed E-state index contributed by atoms with van der Waals surface area (Å²) < 4.78 is 26.8. The number of non-ortho nitro benzene ring substituents is 1. The zero-order valence-electron chi connectivity index (χ0n) is 13.3. The summed E-state index contributed by atoms with van der Waals surface area (Å²) in [5.74, 6) is -1.15. The van der Waals surface area contributed by atoms with Crippen LogP contribution in [0.3, 0.4) is 0 Å². The Balaban J connectivity index is 2.54. The number of hydrogen-bond donors (Lipinski definition) is 1. The van der Waals surface area contributed by atoms with Crippen LogP contribution < -0.4 is 4.31 Å². The van der Waals surface area contributed by atoms with E-state index in [1.807, 2.05) is 0 Å². The fourth-order valence-electron chi connectivity index (χ4n) is 2.32. The molecule has 0 bridgehead atoms. The van der Waals surface area contributed by atoms with Crippen LogP contribution in [0.25, 0.3) is 0 Å². The molecule has 0 unspecified atom stereocenters. The minimum absolute atomic E-state index is 0.0122. The molecule has 0 aliphatic rings. The third-order valence-corrected chi connectivity index (χ3v) is 5.35. The van der Waals surface area contributed by atoms with E-state index in [-0.39, 0.29) is 22.8 Å². The first-order chi connectivity index (χ1) is 11.7. The van der Waals surface area contributed by atoms with Gasteiger partial charge in [0.05, 0.1) is 21.9 Å². The second-order valence-corrected chi connectivity index (χ2v) is 7.12. The highest BCUT2D eigenvalue weighted by atomic mass is 32.2. The molecule has 0 atom stereocenters. The number of anilines is 1. The molecule has 0 radical (unpaired) electrons. The second-order valence-electron chi connectivity index (χ2n) is 5.26. The van der Waals surface area contributed by atoms with E-state index in [0.717, 1.165) is 4.31 Å². The molecule has 9 heteroatoms. The highest BCUT2D eigenvalue weighted by Crippen LogP contribution is 2.29. The Morgan fingerprint density at radius 1 is 1.20 bits per heavy atom. The molecule has 0 heterocycles. The molecule has 2 rings (SSSR count). The van der Waals surface area contributed by atoms with Crippen LogP contribution in [-0.4, -0.2) is 31.0 Å². The quantitative estimate of drug-likeness (QED) is 0.596. The van der Waals surface area contributed by atoms with Gasteiger partial charge >= 0.3 is 5.97 Å². The molecule has 8 nitrogen and oxygen atoms in total. The van der Waals surface area contributed by atoms with Gasteiger partial charge < -0.3 is 5.11 Å². The van der Waals surface area contributed by atoms with Gasteiger partial charge in [0.25, 0.3) is 15.7 Å². The third-order valence-electron chi connectivity index (χ3n) is 3.52. The maximum atomic E-state index is 12.9. The molecular formula is C16H16N2O6S. The first kappa shape index (κ1) is 18.4. The number of carboxylic acids is 1. The van der Waals surface area contributed by atoms with E-state index in [4.69, 9.17) is 5.11 Å². The number of sulfonamides is 1. The summed E-state index contributed by atoms with van der Waals surface area (Å²) in [5, 5.41) is 19.8. The van der Waals surface area contributed by atoms with Crippen molar-refractivity contribution in [3.63, 3.8) is 0 Å². The molecule has 0 fully saturated rings. The summed E-state index contributed by atoms with van der Waals surface area (Å²) in [6.45, 7) is 1.25. The minimum Gasteiger partial charge on any atom is -0.481 e. The minimum atomic E-state index is -4.01. The van der Waals surface area contributed by atoms with E-state index in [1.165, 1.54) is 37.3 Å². The lowest BCUT2D eigenvalue weighted by atomic mass is 10.2. The molecule has 1 N–H and O–H groups in total. The van der Waals surface area contributed by atoms with Crippen molar-refractivity contribution in [1.29, 1.82) is 0 Å². The number of nitro benzene ring substituents is 1. The fourth-order valence-corrected chi connectivity index (χ4v) is 3.87. The van der Waals surface area contributed by atoms with Gasteiger partial charge in [0.2, 0.25) is 0 Å².